The second kappa shape index (κ2) is 14.4. The second-order valence-corrected chi connectivity index (χ2v) is 14.1. The fraction of sp³-hybridized carbons (Fsp3) is 0.222. The summed E-state index contributed by atoms with van der Waals surface area (Å²) >= 11 is 6.77. The highest BCUT2D eigenvalue weighted by Crippen LogP contribution is 2.36. The van der Waals surface area contributed by atoms with Crippen LogP contribution in [0, 0.1) is 5.41 Å². The topological polar surface area (TPSA) is 105 Å². The lowest BCUT2D eigenvalue weighted by Crippen LogP contribution is -2.40. The van der Waals surface area contributed by atoms with Gasteiger partial charge in [-0.1, -0.05) is 82.9 Å². The number of ether oxygens (including phenoxy) is 1. The maximum atomic E-state index is 12.4. The third-order valence-electron chi connectivity index (χ3n) is 7.78. The van der Waals surface area contributed by atoms with E-state index in [1.807, 2.05) is 47.2 Å². The predicted molar refractivity (Wildman–Crippen MR) is 191 cm³/mol. The average Bonchev–Trinajstić information content (AvgIpc) is 3.67. The van der Waals surface area contributed by atoms with Crippen LogP contribution in [0.4, 0.5) is 11.5 Å². The summed E-state index contributed by atoms with van der Waals surface area (Å²) in [5.74, 6) is 2.61. The predicted octanol–water partition coefficient (Wildman–Crippen LogP) is 6.89. The van der Waals surface area contributed by atoms with Gasteiger partial charge in [0.15, 0.2) is 11.6 Å². The number of nitrogens with zero attached hydrogens (tertiary/aromatic N) is 4. The van der Waals surface area contributed by atoms with Crippen LogP contribution in [0.3, 0.4) is 0 Å². The molecule has 1 unspecified atom stereocenters. The Balaban J connectivity index is 1.16. The Labute approximate surface area is 281 Å². The van der Waals surface area contributed by atoms with Crippen molar-refractivity contribution in [3.63, 3.8) is 0 Å². The molecule has 3 heterocycles. The largest absolute Gasteiger partial charge is 0.454 e. The van der Waals surface area contributed by atoms with Gasteiger partial charge in [-0.3, -0.25) is 4.79 Å². The number of nitrogens with one attached hydrogen (secondary N) is 2. The van der Waals surface area contributed by atoms with Gasteiger partial charge in [-0.25, -0.2) is 9.97 Å². The normalized spacial score (nSPS) is 14.5. The van der Waals surface area contributed by atoms with Crippen molar-refractivity contribution in [1.82, 2.24) is 24.2 Å². The highest BCUT2D eigenvalue weighted by atomic mass is 35.5. The summed E-state index contributed by atoms with van der Waals surface area (Å²) in [4.78, 5) is 21.3. The molecule has 3 N–H and O–H groups in total. The highest BCUT2D eigenvalue weighted by molar-refractivity contribution is 8.12. The van der Waals surface area contributed by atoms with Crippen molar-refractivity contribution < 1.29 is 14.6 Å². The molecule has 5 aromatic rings. The Morgan fingerprint density at radius 3 is 2.47 bits per heavy atom. The maximum Gasteiger partial charge on any atom is 0.228 e. The molecule has 9 nitrogen and oxygen atoms in total. The van der Waals surface area contributed by atoms with Crippen LogP contribution < -0.4 is 15.4 Å². The number of halogens is 1. The fourth-order valence-electron chi connectivity index (χ4n) is 5.09. The van der Waals surface area contributed by atoms with E-state index >= 15 is 0 Å². The lowest BCUT2D eigenvalue weighted by Gasteiger charge is -2.21. The summed E-state index contributed by atoms with van der Waals surface area (Å²) < 4.78 is 10.7. The number of anilines is 2. The third kappa shape index (κ3) is 7.85. The summed E-state index contributed by atoms with van der Waals surface area (Å²) in [5, 5.41) is 18.4. The number of amides is 1. The zero-order valence-electron chi connectivity index (χ0n) is 26.3. The molecule has 0 saturated carbocycles. The molecule has 0 saturated heterocycles. The monoisotopic (exact) mass is 668 g/mol. The Kier molecular flexibility index (Phi) is 9.91. The zero-order valence-corrected chi connectivity index (χ0v) is 27.8. The van der Waals surface area contributed by atoms with Crippen molar-refractivity contribution in [2.24, 2.45) is 5.41 Å². The Morgan fingerprint density at radius 1 is 1.00 bits per heavy atom. The molecule has 11 heteroatoms. The molecule has 0 radical (unpaired) electrons. The Hall–Kier alpha value is -4.64. The molecule has 1 amide bonds. The minimum Gasteiger partial charge on any atom is -0.454 e. The van der Waals surface area contributed by atoms with Crippen LogP contribution in [-0.4, -0.2) is 48.4 Å². The summed E-state index contributed by atoms with van der Waals surface area (Å²) in [5.41, 5.74) is 3.97. The van der Waals surface area contributed by atoms with Gasteiger partial charge in [0.2, 0.25) is 5.91 Å². The molecule has 1 aliphatic rings. The summed E-state index contributed by atoms with van der Waals surface area (Å²) in [7, 11) is -0.196. The van der Waals surface area contributed by atoms with Crippen LogP contribution >= 0.6 is 22.3 Å². The number of aliphatic hydroxyl groups excluding tert-OH is 1. The van der Waals surface area contributed by atoms with Crippen molar-refractivity contribution in [3.8, 4) is 5.75 Å². The Morgan fingerprint density at radius 2 is 1.74 bits per heavy atom. The number of allylic oxidation sites excluding steroid dienone is 1. The second-order valence-electron chi connectivity index (χ2n) is 11.9. The van der Waals surface area contributed by atoms with Crippen LogP contribution in [0.2, 0.25) is 5.02 Å². The van der Waals surface area contributed by atoms with Gasteiger partial charge in [0.05, 0.1) is 35.3 Å². The number of aromatic nitrogens is 3. The molecule has 1 aliphatic heterocycles. The number of carbonyl (C=O) groups is 1. The number of hydrogen-bond donors (Lipinski definition) is 3. The van der Waals surface area contributed by atoms with E-state index in [-0.39, 0.29) is 23.2 Å². The van der Waals surface area contributed by atoms with Crippen molar-refractivity contribution in [2.45, 2.75) is 32.7 Å². The van der Waals surface area contributed by atoms with E-state index in [0.29, 0.717) is 29.7 Å². The van der Waals surface area contributed by atoms with Crippen LogP contribution in [0.5, 0.6) is 5.75 Å². The van der Waals surface area contributed by atoms with Gasteiger partial charge in [-0.05, 0) is 49.2 Å². The molecule has 1 atom stereocenters. The van der Waals surface area contributed by atoms with Gasteiger partial charge in [-0.15, -0.1) is 0 Å². The number of fused-ring (bicyclic) bond motifs is 1. The van der Waals surface area contributed by atoms with Gasteiger partial charge < -0.3 is 29.3 Å². The first-order valence-corrected chi connectivity index (χ1v) is 17.1. The number of rotatable bonds is 13. The number of benzene rings is 3. The van der Waals surface area contributed by atoms with E-state index in [1.54, 1.807) is 13.8 Å². The minimum absolute atomic E-state index is 0.196. The SMILES string of the molecule is CC(C)(CO)C(=O)NCCn1ccc2ncnc(Nc3ccc(OC4=CN(Cc5ccccc5)S(Cc5ccccc5)=C4)c(Cl)c3)c21. The van der Waals surface area contributed by atoms with Crippen LogP contribution in [-0.2, 0) is 23.6 Å². The molecule has 0 fully saturated rings. The molecule has 2 aromatic heterocycles. The third-order valence-corrected chi connectivity index (χ3v) is 10.0. The van der Waals surface area contributed by atoms with E-state index in [1.165, 1.54) is 17.5 Å². The summed E-state index contributed by atoms with van der Waals surface area (Å²) in [6, 6.07) is 28.4. The van der Waals surface area contributed by atoms with E-state index in [9.17, 15) is 9.90 Å². The first-order valence-electron chi connectivity index (χ1n) is 15.3. The van der Waals surface area contributed by atoms with Gasteiger partial charge in [0, 0.05) is 36.1 Å². The molecule has 0 spiro atoms. The van der Waals surface area contributed by atoms with Gasteiger partial charge in [0.25, 0.3) is 0 Å². The molecule has 242 valence electrons. The molecule has 47 heavy (non-hydrogen) atoms. The molecule has 6 rings (SSSR count). The number of hydrogen-bond acceptors (Lipinski definition) is 7. The number of carbonyl (C=O) groups excluding carboxylic acids is 1. The first-order chi connectivity index (χ1) is 22.8. The van der Waals surface area contributed by atoms with Crippen LogP contribution in [0.1, 0.15) is 25.0 Å². The maximum absolute atomic E-state index is 12.4. The minimum atomic E-state index is -0.845. The van der Waals surface area contributed by atoms with Crippen LogP contribution in [0.25, 0.3) is 11.0 Å². The summed E-state index contributed by atoms with van der Waals surface area (Å²) in [6.45, 7) is 4.86. The van der Waals surface area contributed by atoms with Crippen molar-refractivity contribution >= 4 is 56.1 Å². The first kappa shape index (κ1) is 32.3. The zero-order chi connectivity index (χ0) is 32.8. The summed E-state index contributed by atoms with van der Waals surface area (Å²) in [6.07, 6.45) is 5.49. The molecule has 3 aromatic carbocycles. The number of aliphatic hydroxyl groups is 1. The van der Waals surface area contributed by atoms with Crippen LogP contribution in [0.15, 0.2) is 109 Å². The van der Waals surface area contributed by atoms with Gasteiger partial charge in [-0.2, -0.15) is 0 Å². The Bertz CT molecular complexity index is 1930. The van der Waals surface area contributed by atoms with Crippen molar-refractivity contribution in [3.05, 3.63) is 126 Å². The molecule has 0 aliphatic carbocycles. The fourth-order valence-corrected chi connectivity index (χ4v) is 7.16. The van der Waals surface area contributed by atoms with Crippen molar-refractivity contribution in [2.75, 3.05) is 18.5 Å². The molecular weight excluding hydrogens is 632 g/mol. The molecule has 0 bridgehead atoms. The highest BCUT2D eigenvalue weighted by Gasteiger charge is 2.26. The van der Waals surface area contributed by atoms with Crippen molar-refractivity contribution in [1.29, 1.82) is 0 Å². The van der Waals surface area contributed by atoms with E-state index in [0.717, 1.165) is 34.8 Å². The van der Waals surface area contributed by atoms with Gasteiger partial charge >= 0.3 is 0 Å². The average molecular weight is 669 g/mol. The van der Waals surface area contributed by atoms with E-state index in [4.69, 9.17) is 16.3 Å². The lowest BCUT2D eigenvalue weighted by atomic mass is 9.94. The standard InChI is InChI=1S/C36H37ClN6O3S/c1-36(2,24-44)35(45)38-16-18-42-17-15-31-33(42)34(40-25-39-31)41-28-13-14-32(30(37)19-28)46-29-21-43(20-26-9-5-3-6-10-26)47(23-29)22-27-11-7-4-8-12-27/h3-15,17,19,21,23,25,44H,16,18,20,22,24H2,1-2H3,(H,38,45)(H,39,40,41). The van der Waals surface area contributed by atoms with Gasteiger partial charge in [0.1, 0.15) is 17.6 Å². The van der Waals surface area contributed by atoms with E-state index < -0.39 is 5.41 Å². The van der Waals surface area contributed by atoms with E-state index in [2.05, 4.69) is 85.0 Å². The lowest BCUT2D eigenvalue weighted by molar-refractivity contribution is -0.131. The smallest absolute Gasteiger partial charge is 0.228 e. The quantitative estimate of drug-likeness (QED) is 0.117. The molecular formula is C36H37ClN6O3S.